The van der Waals surface area contributed by atoms with Crippen LogP contribution in [-0.4, -0.2) is 44.3 Å². The van der Waals surface area contributed by atoms with Gasteiger partial charge in [-0.05, 0) is 57.1 Å². The number of hydrogen-bond acceptors (Lipinski definition) is 4. The van der Waals surface area contributed by atoms with E-state index in [9.17, 15) is 0 Å². The first kappa shape index (κ1) is 18.7. The van der Waals surface area contributed by atoms with Crippen LogP contribution in [0.4, 0.5) is 0 Å². The van der Waals surface area contributed by atoms with Crippen molar-refractivity contribution in [1.82, 2.24) is 10.2 Å². The van der Waals surface area contributed by atoms with Gasteiger partial charge >= 0.3 is 0 Å². The maximum absolute atomic E-state index is 6.38. The molecule has 2 heterocycles. The Morgan fingerprint density at radius 3 is 2.87 bits per heavy atom. The predicted molar refractivity (Wildman–Crippen MR) is 96.3 cm³/mol. The fourth-order valence-corrected chi connectivity index (χ4v) is 3.52. The highest BCUT2D eigenvalue weighted by Crippen LogP contribution is 2.38. The smallest absolute Gasteiger partial charge is 0.179 e. The molecular weight excluding hydrogens is 335 g/mol. The number of nitrogens with zero attached hydrogens (tertiary/aromatic N) is 1. The Kier molecular flexibility index (Phi) is 7.28. The van der Waals surface area contributed by atoms with E-state index in [1.165, 1.54) is 24.8 Å². The van der Waals surface area contributed by atoms with Gasteiger partial charge in [0.15, 0.2) is 11.5 Å². The van der Waals surface area contributed by atoms with Crippen LogP contribution in [0.2, 0.25) is 5.02 Å². The van der Waals surface area contributed by atoms with Gasteiger partial charge in [-0.1, -0.05) is 11.6 Å². The van der Waals surface area contributed by atoms with Crippen molar-refractivity contribution in [2.24, 2.45) is 0 Å². The van der Waals surface area contributed by atoms with E-state index < -0.39 is 0 Å². The molecule has 0 spiro atoms. The molecule has 2 aliphatic rings. The average Bonchev–Trinajstić information content (AvgIpc) is 2.89. The third kappa shape index (κ3) is 4.90. The van der Waals surface area contributed by atoms with E-state index in [2.05, 4.69) is 23.3 Å². The molecule has 3 rings (SSSR count). The zero-order chi connectivity index (χ0) is 15.4. The molecule has 1 N–H and O–H groups in total. The van der Waals surface area contributed by atoms with Crippen LogP contribution in [0.5, 0.6) is 11.5 Å². The molecule has 4 nitrogen and oxygen atoms in total. The van der Waals surface area contributed by atoms with Crippen LogP contribution in [0, 0.1) is 0 Å². The number of hydrogen-bond donors (Lipinski definition) is 1. The molecule has 0 bridgehead atoms. The predicted octanol–water partition coefficient (Wildman–Crippen LogP) is 3.50. The highest BCUT2D eigenvalue weighted by atomic mass is 35.5. The Morgan fingerprint density at radius 2 is 2.00 bits per heavy atom. The van der Waals surface area contributed by atoms with Gasteiger partial charge in [0.1, 0.15) is 0 Å². The number of fused-ring (bicyclic) bond motifs is 1. The number of halogens is 2. The largest absolute Gasteiger partial charge is 0.489 e. The molecule has 1 unspecified atom stereocenters. The third-order valence-corrected chi connectivity index (χ3v) is 4.74. The average molecular weight is 361 g/mol. The Labute approximate surface area is 149 Å². The minimum atomic E-state index is 0. The van der Waals surface area contributed by atoms with Crippen LogP contribution in [0.1, 0.15) is 31.2 Å². The van der Waals surface area contributed by atoms with Crippen molar-refractivity contribution in [2.45, 2.75) is 38.3 Å². The second-order valence-corrected chi connectivity index (χ2v) is 6.61. The van der Waals surface area contributed by atoms with Crippen LogP contribution < -0.4 is 14.8 Å². The molecule has 23 heavy (non-hydrogen) atoms. The van der Waals surface area contributed by atoms with Crippen molar-refractivity contribution in [3.05, 3.63) is 22.7 Å². The lowest BCUT2D eigenvalue weighted by Gasteiger charge is -2.27. The first-order valence-electron chi connectivity index (χ1n) is 8.23. The Bertz CT molecular complexity index is 506. The zero-order valence-corrected chi connectivity index (χ0v) is 15.2. The fraction of sp³-hybridized carbons (Fsp3) is 0.647. The van der Waals surface area contributed by atoms with Gasteiger partial charge in [0.05, 0.1) is 18.2 Å². The Hall–Kier alpha value is -0.680. The summed E-state index contributed by atoms with van der Waals surface area (Å²) < 4.78 is 11.5. The lowest BCUT2D eigenvalue weighted by Crippen LogP contribution is -2.32. The van der Waals surface area contributed by atoms with Gasteiger partial charge in [-0.3, -0.25) is 4.90 Å². The van der Waals surface area contributed by atoms with Gasteiger partial charge in [-0.25, -0.2) is 0 Å². The van der Waals surface area contributed by atoms with Crippen molar-refractivity contribution >= 4 is 24.0 Å². The summed E-state index contributed by atoms with van der Waals surface area (Å²) in [6, 6.07) is 4.73. The van der Waals surface area contributed by atoms with E-state index in [4.69, 9.17) is 21.1 Å². The Morgan fingerprint density at radius 1 is 1.17 bits per heavy atom. The zero-order valence-electron chi connectivity index (χ0n) is 13.6. The van der Waals surface area contributed by atoms with E-state index in [-0.39, 0.29) is 12.4 Å². The lowest BCUT2D eigenvalue weighted by atomic mass is 10.1. The van der Waals surface area contributed by atoms with Crippen LogP contribution in [0.15, 0.2) is 12.1 Å². The summed E-state index contributed by atoms with van der Waals surface area (Å²) in [6.45, 7) is 4.50. The minimum absolute atomic E-state index is 0. The molecule has 1 saturated heterocycles. The second kappa shape index (κ2) is 8.97. The molecule has 0 radical (unpaired) electrons. The molecule has 1 fully saturated rings. The van der Waals surface area contributed by atoms with E-state index in [1.54, 1.807) is 0 Å². The number of ether oxygens (including phenoxy) is 2. The van der Waals surface area contributed by atoms with E-state index in [1.807, 2.05) is 6.07 Å². The van der Waals surface area contributed by atoms with Gasteiger partial charge in [-0.15, -0.1) is 12.4 Å². The summed E-state index contributed by atoms with van der Waals surface area (Å²) in [4.78, 5) is 2.43. The maximum Gasteiger partial charge on any atom is 0.179 e. The molecule has 0 aromatic heterocycles. The van der Waals surface area contributed by atoms with Crippen LogP contribution in [0.3, 0.4) is 0 Å². The van der Waals surface area contributed by atoms with Crippen LogP contribution >= 0.6 is 24.0 Å². The molecule has 2 aliphatic heterocycles. The van der Waals surface area contributed by atoms with Crippen molar-refractivity contribution in [3.8, 4) is 11.5 Å². The van der Waals surface area contributed by atoms with E-state index in [0.717, 1.165) is 31.8 Å². The summed E-state index contributed by atoms with van der Waals surface area (Å²) in [5.41, 5.74) is 1.19. The van der Waals surface area contributed by atoms with Crippen molar-refractivity contribution in [1.29, 1.82) is 0 Å². The summed E-state index contributed by atoms with van der Waals surface area (Å²) in [7, 11) is 2.20. The quantitative estimate of drug-likeness (QED) is 0.894. The molecule has 6 heteroatoms. The summed E-state index contributed by atoms with van der Waals surface area (Å²) in [5.74, 6) is 1.49. The minimum Gasteiger partial charge on any atom is -0.489 e. The molecule has 0 amide bonds. The van der Waals surface area contributed by atoms with Gasteiger partial charge in [0.25, 0.3) is 0 Å². The summed E-state index contributed by atoms with van der Waals surface area (Å²) in [6.07, 6.45) is 4.60. The van der Waals surface area contributed by atoms with Gasteiger partial charge in [-0.2, -0.15) is 0 Å². The standard InChI is InChI=1S/C17H25ClN2O2.ClH/c1-20(14-4-2-6-19-7-5-14)12-13-10-15(18)17-16(11-13)21-8-3-9-22-17;/h10-11,14,19H,2-9,12H2,1H3;1H. The third-order valence-electron chi connectivity index (χ3n) is 4.46. The highest BCUT2D eigenvalue weighted by molar-refractivity contribution is 6.32. The molecule has 1 aromatic carbocycles. The number of nitrogens with one attached hydrogen (secondary N) is 1. The molecule has 1 atom stereocenters. The van der Waals surface area contributed by atoms with E-state index in [0.29, 0.717) is 30.0 Å². The molecule has 1 aromatic rings. The van der Waals surface area contributed by atoms with E-state index >= 15 is 0 Å². The van der Waals surface area contributed by atoms with Gasteiger partial charge in [0, 0.05) is 19.0 Å². The number of benzene rings is 1. The lowest BCUT2D eigenvalue weighted by molar-refractivity contribution is 0.216. The maximum atomic E-state index is 6.38. The summed E-state index contributed by atoms with van der Waals surface area (Å²) in [5, 5.41) is 4.13. The van der Waals surface area contributed by atoms with Crippen molar-refractivity contribution in [3.63, 3.8) is 0 Å². The number of rotatable bonds is 3. The SMILES string of the molecule is CN(Cc1cc(Cl)c2c(c1)OCCCO2)C1CCCNCC1.Cl. The van der Waals surface area contributed by atoms with Gasteiger partial charge < -0.3 is 14.8 Å². The van der Waals surface area contributed by atoms with Crippen LogP contribution in [-0.2, 0) is 6.54 Å². The first-order valence-corrected chi connectivity index (χ1v) is 8.61. The normalized spacial score (nSPS) is 21.3. The monoisotopic (exact) mass is 360 g/mol. The fourth-order valence-electron chi connectivity index (χ4n) is 3.23. The summed E-state index contributed by atoms with van der Waals surface area (Å²) >= 11 is 6.38. The molecular formula is C17H26Cl2N2O2. The van der Waals surface area contributed by atoms with Gasteiger partial charge in [0.2, 0.25) is 0 Å². The van der Waals surface area contributed by atoms with Crippen molar-refractivity contribution in [2.75, 3.05) is 33.4 Å². The Balaban J connectivity index is 0.00000192. The topological polar surface area (TPSA) is 33.7 Å². The highest BCUT2D eigenvalue weighted by Gasteiger charge is 2.19. The second-order valence-electron chi connectivity index (χ2n) is 6.21. The first-order chi connectivity index (χ1) is 10.7. The van der Waals surface area contributed by atoms with Crippen molar-refractivity contribution < 1.29 is 9.47 Å². The molecule has 0 aliphatic carbocycles. The molecule has 130 valence electrons. The molecule has 0 saturated carbocycles. The van der Waals surface area contributed by atoms with Crippen LogP contribution in [0.25, 0.3) is 0 Å².